The fraction of sp³-hybridized carbons (Fsp3) is 1.00. The number of rotatable bonds is 2. The normalized spacial score (nSPS) is 40.1. The Labute approximate surface area is 105 Å². The second-order valence-electron chi connectivity index (χ2n) is 5.39. The highest BCUT2D eigenvalue weighted by Gasteiger charge is 2.23. The molecule has 96 valence electrons. The molecule has 16 heavy (non-hydrogen) atoms. The lowest BCUT2D eigenvalue weighted by molar-refractivity contribution is 0.268. The van der Waals surface area contributed by atoms with Crippen LogP contribution in [0.25, 0.3) is 0 Å². The number of hydrogen-bond acceptors (Lipinski definition) is 3. The van der Waals surface area contributed by atoms with Crippen LogP contribution in [-0.2, 0) is 0 Å². The maximum Gasteiger partial charge on any atom is 0.00708 e. The van der Waals surface area contributed by atoms with Gasteiger partial charge in [-0.2, -0.15) is 0 Å². The second kappa shape index (κ2) is 6.80. The predicted molar refractivity (Wildman–Crippen MR) is 70.8 cm³/mol. The summed E-state index contributed by atoms with van der Waals surface area (Å²) in [5.74, 6) is 0. The first-order chi connectivity index (χ1) is 7.24. The molecule has 0 atom stereocenters. The van der Waals surface area contributed by atoms with E-state index >= 15 is 0 Å². The lowest BCUT2D eigenvalue weighted by atomic mass is 9.88. The van der Waals surface area contributed by atoms with Gasteiger partial charge in [0.15, 0.2) is 0 Å². The summed E-state index contributed by atoms with van der Waals surface area (Å²) in [6.45, 7) is 0. The summed E-state index contributed by atoms with van der Waals surface area (Å²) in [7, 11) is 0. The number of halogens is 1. The minimum atomic E-state index is 0. The summed E-state index contributed by atoms with van der Waals surface area (Å²) >= 11 is 0. The molecule has 2 aliphatic carbocycles. The molecule has 3 nitrogen and oxygen atoms in total. The third kappa shape index (κ3) is 4.21. The van der Waals surface area contributed by atoms with Crippen molar-refractivity contribution < 1.29 is 0 Å². The molecular formula is C12H26ClN3. The average molecular weight is 248 g/mol. The molecule has 2 rings (SSSR count). The molecule has 2 fully saturated rings. The standard InChI is InChI=1S/C12H25N3.ClH/c13-9-1-5-11(6-2-9)15-12-7-3-10(14)4-8-12;/h9-12,15H,1-8,13-14H2;1H. The van der Waals surface area contributed by atoms with E-state index in [2.05, 4.69) is 5.32 Å². The Hall–Kier alpha value is 0.170. The molecule has 0 saturated heterocycles. The molecule has 0 amide bonds. The van der Waals surface area contributed by atoms with Crippen molar-refractivity contribution in [3.05, 3.63) is 0 Å². The lowest BCUT2D eigenvalue weighted by Crippen LogP contribution is -2.45. The molecule has 2 saturated carbocycles. The van der Waals surface area contributed by atoms with E-state index in [0.29, 0.717) is 12.1 Å². The smallest absolute Gasteiger partial charge is 0.00708 e. The van der Waals surface area contributed by atoms with Crippen LogP contribution in [0.3, 0.4) is 0 Å². The predicted octanol–water partition coefficient (Wildman–Crippen LogP) is 1.54. The van der Waals surface area contributed by atoms with Gasteiger partial charge in [-0.1, -0.05) is 0 Å². The van der Waals surface area contributed by atoms with Crippen LogP contribution >= 0.6 is 12.4 Å². The van der Waals surface area contributed by atoms with E-state index in [0.717, 1.165) is 12.1 Å². The van der Waals surface area contributed by atoms with E-state index in [1.54, 1.807) is 0 Å². The largest absolute Gasteiger partial charge is 0.328 e. The molecule has 0 heterocycles. The Morgan fingerprint density at radius 3 is 1.25 bits per heavy atom. The van der Waals surface area contributed by atoms with E-state index in [1.165, 1.54) is 51.4 Å². The van der Waals surface area contributed by atoms with E-state index in [9.17, 15) is 0 Å². The Bertz CT molecular complexity index is 165. The van der Waals surface area contributed by atoms with Gasteiger partial charge < -0.3 is 16.8 Å². The number of nitrogens with two attached hydrogens (primary N) is 2. The Kier molecular flexibility index (Phi) is 6.05. The maximum absolute atomic E-state index is 5.90. The van der Waals surface area contributed by atoms with E-state index in [1.807, 2.05) is 0 Å². The summed E-state index contributed by atoms with van der Waals surface area (Å²) in [4.78, 5) is 0. The highest BCUT2D eigenvalue weighted by Crippen LogP contribution is 2.22. The van der Waals surface area contributed by atoms with E-state index in [4.69, 9.17) is 11.5 Å². The molecule has 0 bridgehead atoms. The third-order valence-corrected chi connectivity index (χ3v) is 4.02. The number of nitrogens with one attached hydrogen (secondary N) is 1. The fourth-order valence-electron chi connectivity index (χ4n) is 2.91. The van der Waals surface area contributed by atoms with Crippen LogP contribution in [-0.4, -0.2) is 24.2 Å². The minimum Gasteiger partial charge on any atom is -0.328 e. The van der Waals surface area contributed by atoms with Crippen LogP contribution in [0, 0.1) is 0 Å². The molecule has 0 aliphatic heterocycles. The topological polar surface area (TPSA) is 64.1 Å². The van der Waals surface area contributed by atoms with Gasteiger partial charge in [0.2, 0.25) is 0 Å². The molecule has 0 aromatic carbocycles. The molecule has 0 aromatic rings. The summed E-state index contributed by atoms with van der Waals surface area (Å²) in [6.07, 6.45) is 9.86. The summed E-state index contributed by atoms with van der Waals surface area (Å²) < 4.78 is 0. The monoisotopic (exact) mass is 247 g/mol. The Morgan fingerprint density at radius 1 is 0.625 bits per heavy atom. The van der Waals surface area contributed by atoms with Gasteiger partial charge in [0.05, 0.1) is 0 Å². The molecular weight excluding hydrogens is 222 g/mol. The van der Waals surface area contributed by atoms with Crippen molar-refractivity contribution in [1.29, 1.82) is 0 Å². The molecule has 0 radical (unpaired) electrons. The molecule has 0 spiro atoms. The van der Waals surface area contributed by atoms with Gasteiger partial charge in [0.25, 0.3) is 0 Å². The minimum absolute atomic E-state index is 0. The van der Waals surface area contributed by atoms with Crippen molar-refractivity contribution >= 4 is 12.4 Å². The van der Waals surface area contributed by atoms with Gasteiger partial charge in [0, 0.05) is 24.2 Å². The first-order valence-electron chi connectivity index (χ1n) is 6.51. The molecule has 0 unspecified atom stereocenters. The van der Waals surface area contributed by atoms with Crippen molar-refractivity contribution in [2.24, 2.45) is 11.5 Å². The van der Waals surface area contributed by atoms with Crippen molar-refractivity contribution in [2.45, 2.75) is 75.5 Å². The van der Waals surface area contributed by atoms with Gasteiger partial charge in [-0.25, -0.2) is 0 Å². The third-order valence-electron chi connectivity index (χ3n) is 4.02. The van der Waals surface area contributed by atoms with Crippen molar-refractivity contribution in [3.8, 4) is 0 Å². The zero-order chi connectivity index (χ0) is 10.7. The fourth-order valence-corrected chi connectivity index (χ4v) is 2.91. The van der Waals surface area contributed by atoms with E-state index in [-0.39, 0.29) is 12.4 Å². The van der Waals surface area contributed by atoms with Gasteiger partial charge in [-0.3, -0.25) is 0 Å². The summed E-state index contributed by atoms with van der Waals surface area (Å²) in [5.41, 5.74) is 11.8. The summed E-state index contributed by atoms with van der Waals surface area (Å²) in [6, 6.07) is 2.37. The van der Waals surface area contributed by atoms with Gasteiger partial charge in [-0.05, 0) is 51.4 Å². The lowest BCUT2D eigenvalue weighted by Gasteiger charge is -2.33. The Balaban J connectivity index is 0.00000128. The SMILES string of the molecule is Cl.NC1CCC(NC2CCC(N)CC2)CC1. The highest BCUT2D eigenvalue weighted by atomic mass is 35.5. The van der Waals surface area contributed by atoms with Crippen LogP contribution in [0.4, 0.5) is 0 Å². The van der Waals surface area contributed by atoms with Gasteiger partial charge in [-0.15, -0.1) is 12.4 Å². The molecule has 5 N–H and O–H groups in total. The van der Waals surface area contributed by atoms with Gasteiger partial charge >= 0.3 is 0 Å². The van der Waals surface area contributed by atoms with Crippen LogP contribution < -0.4 is 16.8 Å². The Morgan fingerprint density at radius 2 is 0.938 bits per heavy atom. The quantitative estimate of drug-likeness (QED) is 0.694. The first-order valence-corrected chi connectivity index (χ1v) is 6.51. The molecule has 4 heteroatoms. The molecule has 2 aliphatic rings. The highest BCUT2D eigenvalue weighted by molar-refractivity contribution is 5.85. The van der Waals surface area contributed by atoms with Gasteiger partial charge in [0.1, 0.15) is 0 Å². The first kappa shape index (κ1) is 14.2. The van der Waals surface area contributed by atoms with Crippen molar-refractivity contribution in [2.75, 3.05) is 0 Å². The summed E-state index contributed by atoms with van der Waals surface area (Å²) in [5, 5.41) is 3.79. The molecule has 0 aromatic heterocycles. The average Bonchev–Trinajstić information content (AvgIpc) is 2.25. The van der Waals surface area contributed by atoms with Crippen molar-refractivity contribution in [1.82, 2.24) is 5.32 Å². The van der Waals surface area contributed by atoms with Crippen molar-refractivity contribution in [3.63, 3.8) is 0 Å². The van der Waals surface area contributed by atoms with Crippen LogP contribution in [0.15, 0.2) is 0 Å². The van der Waals surface area contributed by atoms with E-state index < -0.39 is 0 Å². The maximum atomic E-state index is 5.90. The second-order valence-corrected chi connectivity index (χ2v) is 5.39. The van der Waals surface area contributed by atoms with Crippen LogP contribution in [0.5, 0.6) is 0 Å². The zero-order valence-corrected chi connectivity index (χ0v) is 10.8. The van der Waals surface area contributed by atoms with Crippen LogP contribution in [0.1, 0.15) is 51.4 Å². The number of hydrogen-bond donors (Lipinski definition) is 3. The zero-order valence-electron chi connectivity index (χ0n) is 10.0. The van der Waals surface area contributed by atoms with Crippen LogP contribution in [0.2, 0.25) is 0 Å².